The van der Waals surface area contributed by atoms with Gasteiger partial charge >= 0.3 is 8.60 Å². The zero-order chi connectivity index (χ0) is 11.4. The van der Waals surface area contributed by atoms with Crippen LogP contribution < -0.4 is 0 Å². The molecule has 3 atom stereocenters. The summed E-state index contributed by atoms with van der Waals surface area (Å²) in [6.45, 7) is 6.30. The van der Waals surface area contributed by atoms with Crippen LogP contribution in [0.4, 0.5) is 0 Å². The van der Waals surface area contributed by atoms with E-state index in [0.717, 1.165) is 17.3 Å². The molecule has 3 unspecified atom stereocenters. The molecule has 3 saturated heterocycles. The van der Waals surface area contributed by atoms with Gasteiger partial charge in [0.05, 0.1) is 0 Å². The van der Waals surface area contributed by atoms with E-state index in [9.17, 15) is 0 Å². The fourth-order valence-electron chi connectivity index (χ4n) is 0.992. The standard InChI is InChI=1S/C9H15O3PS3/c1-7(4-14-7)10-13(11-8(2)5-15-8)12-9(3)6-16-9/h4-6H2,1-3H3. The van der Waals surface area contributed by atoms with Gasteiger partial charge < -0.3 is 0 Å². The van der Waals surface area contributed by atoms with Crippen LogP contribution in [0.25, 0.3) is 0 Å². The van der Waals surface area contributed by atoms with E-state index >= 15 is 0 Å². The van der Waals surface area contributed by atoms with Gasteiger partial charge in [-0.25, -0.2) is 0 Å². The normalized spacial score (nSPS) is 51.2. The summed E-state index contributed by atoms with van der Waals surface area (Å²) in [5, 5.41) is 0. The van der Waals surface area contributed by atoms with Gasteiger partial charge in [0.25, 0.3) is 0 Å². The van der Waals surface area contributed by atoms with Crippen molar-refractivity contribution in [2.45, 2.75) is 35.6 Å². The van der Waals surface area contributed by atoms with Gasteiger partial charge in [0.2, 0.25) is 0 Å². The van der Waals surface area contributed by atoms with E-state index in [1.54, 1.807) is 0 Å². The molecule has 16 heavy (non-hydrogen) atoms. The SMILES string of the molecule is CC1(OP(OC2(C)CS2)OC2(C)CS2)CS1. The molecule has 3 fully saturated rings. The molecule has 3 heterocycles. The van der Waals surface area contributed by atoms with Gasteiger partial charge in [-0.3, -0.25) is 13.6 Å². The van der Waals surface area contributed by atoms with Crippen LogP contribution in [0.3, 0.4) is 0 Å². The molecule has 3 aliphatic rings. The largest absolute Gasteiger partial charge is 0.336 e. The van der Waals surface area contributed by atoms with E-state index in [0.29, 0.717) is 0 Å². The summed E-state index contributed by atoms with van der Waals surface area (Å²) in [5.41, 5.74) is 0. The smallest absolute Gasteiger partial charge is 0.294 e. The predicted molar refractivity (Wildman–Crippen MR) is 72.8 cm³/mol. The molecule has 3 nitrogen and oxygen atoms in total. The Balaban J connectivity index is 1.58. The fraction of sp³-hybridized carbons (Fsp3) is 1.00. The van der Waals surface area contributed by atoms with Crippen molar-refractivity contribution < 1.29 is 13.6 Å². The first-order chi connectivity index (χ1) is 7.41. The second-order valence-electron chi connectivity index (χ2n) is 4.76. The number of hydrogen-bond donors (Lipinski definition) is 0. The highest BCUT2D eigenvalue weighted by Crippen LogP contribution is 2.65. The quantitative estimate of drug-likeness (QED) is 0.549. The highest BCUT2D eigenvalue weighted by molar-refractivity contribution is 8.08. The lowest BCUT2D eigenvalue weighted by molar-refractivity contribution is 0.0913. The zero-order valence-electron chi connectivity index (χ0n) is 9.52. The van der Waals surface area contributed by atoms with Crippen molar-refractivity contribution in [1.82, 2.24) is 0 Å². The van der Waals surface area contributed by atoms with Gasteiger partial charge in [0, 0.05) is 17.3 Å². The Hall–Kier alpha value is 1.36. The minimum atomic E-state index is -1.20. The fourth-order valence-corrected chi connectivity index (χ4v) is 4.47. The van der Waals surface area contributed by atoms with Gasteiger partial charge in [-0.2, -0.15) is 0 Å². The summed E-state index contributed by atoms with van der Waals surface area (Å²) in [6.07, 6.45) is 0. The summed E-state index contributed by atoms with van der Waals surface area (Å²) in [5.74, 6) is 3.14. The van der Waals surface area contributed by atoms with Gasteiger partial charge in [-0.1, -0.05) is 0 Å². The van der Waals surface area contributed by atoms with Gasteiger partial charge in [-0.05, 0) is 20.8 Å². The lowest BCUT2D eigenvalue weighted by Gasteiger charge is -2.24. The monoisotopic (exact) mass is 298 g/mol. The van der Waals surface area contributed by atoms with Crippen LogP contribution >= 0.6 is 43.9 Å². The van der Waals surface area contributed by atoms with Gasteiger partial charge in [0.1, 0.15) is 14.8 Å². The summed E-state index contributed by atoms with van der Waals surface area (Å²) in [6, 6.07) is 0. The van der Waals surface area contributed by atoms with Crippen molar-refractivity contribution in [3.05, 3.63) is 0 Å². The van der Waals surface area contributed by atoms with Crippen molar-refractivity contribution in [2.24, 2.45) is 0 Å². The van der Waals surface area contributed by atoms with E-state index in [-0.39, 0.29) is 14.8 Å². The van der Waals surface area contributed by atoms with E-state index in [2.05, 4.69) is 20.8 Å². The van der Waals surface area contributed by atoms with E-state index in [1.807, 2.05) is 35.3 Å². The Bertz CT molecular complexity index is 255. The van der Waals surface area contributed by atoms with Crippen LogP contribution in [-0.4, -0.2) is 32.1 Å². The molecule has 0 aliphatic carbocycles. The average Bonchev–Trinajstić information content (AvgIpc) is 3.05. The summed E-state index contributed by atoms with van der Waals surface area (Å²) in [7, 11) is -1.20. The molecule has 0 amide bonds. The lowest BCUT2D eigenvalue weighted by Crippen LogP contribution is -2.16. The van der Waals surface area contributed by atoms with E-state index < -0.39 is 8.60 Å². The van der Waals surface area contributed by atoms with E-state index in [4.69, 9.17) is 13.6 Å². The molecule has 0 spiro atoms. The first kappa shape index (κ1) is 12.4. The Morgan fingerprint density at radius 3 is 1.19 bits per heavy atom. The minimum Gasteiger partial charge on any atom is -0.294 e. The minimum absolute atomic E-state index is 0.0580. The number of thioether (sulfide) groups is 3. The van der Waals surface area contributed by atoms with Crippen molar-refractivity contribution in [1.29, 1.82) is 0 Å². The van der Waals surface area contributed by atoms with Crippen LogP contribution in [0.2, 0.25) is 0 Å². The zero-order valence-corrected chi connectivity index (χ0v) is 12.9. The maximum absolute atomic E-state index is 5.94. The Morgan fingerprint density at radius 1 is 0.750 bits per heavy atom. The number of hydrogen-bond acceptors (Lipinski definition) is 6. The van der Waals surface area contributed by atoms with Crippen LogP contribution in [0.1, 0.15) is 20.8 Å². The molecule has 0 saturated carbocycles. The Morgan fingerprint density at radius 2 is 1.00 bits per heavy atom. The van der Waals surface area contributed by atoms with Crippen molar-refractivity contribution in [2.75, 3.05) is 17.3 Å². The second-order valence-corrected chi connectivity index (χ2v) is 10.1. The maximum Gasteiger partial charge on any atom is 0.336 e. The van der Waals surface area contributed by atoms with Crippen LogP contribution in [0.5, 0.6) is 0 Å². The summed E-state index contributed by atoms with van der Waals surface area (Å²) < 4.78 is 17.8. The molecule has 92 valence electrons. The molecule has 0 bridgehead atoms. The molecule has 3 rings (SSSR count). The molecular weight excluding hydrogens is 283 g/mol. The predicted octanol–water partition coefficient (Wildman–Crippen LogP) is 3.65. The highest BCUT2D eigenvalue weighted by Gasteiger charge is 2.52. The first-order valence-electron chi connectivity index (χ1n) is 5.20. The highest BCUT2D eigenvalue weighted by atomic mass is 32.2. The van der Waals surface area contributed by atoms with Crippen LogP contribution in [-0.2, 0) is 13.6 Å². The molecular formula is C9H15O3PS3. The third-order valence-corrected chi connectivity index (χ3v) is 8.04. The second kappa shape index (κ2) is 3.92. The first-order valence-corrected chi connectivity index (χ1v) is 9.25. The van der Waals surface area contributed by atoms with Crippen molar-refractivity contribution in [3.63, 3.8) is 0 Å². The van der Waals surface area contributed by atoms with Crippen LogP contribution in [0, 0.1) is 0 Å². The van der Waals surface area contributed by atoms with Gasteiger partial charge in [-0.15, -0.1) is 35.3 Å². The van der Waals surface area contributed by atoms with Gasteiger partial charge in [0.15, 0.2) is 0 Å². The summed E-state index contributed by atoms with van der Waals surface area (Å²) in [4.78, 5) is -0.174. The molecule has 0 aromatic heterocycles. The molecule has 0 radical (unpaired) electrons. The van der Waals surface area contributed by atoms with Crippen molar-refractivity contribution in [3.8, 4) is 0 Å². The van der Waals surface area contributed by atoms with Crippen molar-refractivity contribution >= 4 is 43.9 Å². The van der Waals surface area contributed by atoms with E-state index in [1.165, 1.54) is 0 Å². The molecule has 0 aromatic rings. The maximum atomic E-state index is 5.94. The number of rotatable bonds is 6. The third-order valence-electron chi connectivity index (χ3n) is 2.46. The molecule has 0 aromatic carbocycles. The topological polar surface area (TPSA) is 27.7 Å². The molecule has 0 N–H and O–H groups in total. The third kappa shape index (κ3) is 3.22. The average molecular weight is 298 g/mol. The van der Waals surface area contributed by atoms with Crippen LogP contribution in [0.15, 0.2) is 0 Å². The molecule has 7 heteroatoms. The molecule has 3 aliphatic heterocycles. The summed E-state index contributed by atoms with van der Waals surface area (Å²) >= 11 is 5.44. The lowest BCUT2D eigenvalue weighted by atomic mass is 10.5. The Kier molecular flexibility index (Phi) is 3.04. The Labute approximate surface area is 110 Å².